The summed E-state index contributed by atoms with van der Waals surface area (Å²) in [5.74, 6) is 0.0507. The Balaban J connectivity index is 1.78. The zero-order valence-electron chi connectivity index (χ0n) is 11.6. The van der Waals surface area contributed by atoms with Crippen LogP contribution in [0.5, 0.6) is 0 Å². The van der Waals surface area contributed by atoms with Gasteiger partial charge in [0, 0.05) is 30.0 Å². The number of nitrogens with one attached hydrogen (secondary N) is 1. The highest BCUT2D eigenvalue weighted by Gasteiger charge is 2.19. The van der Waals surface area contributed by atoms with Crippen LogP contribution < -0.4 is 5.32 Å². The number of halogens is 1. The lowest BCUT2D eigenvalue weighted by Crippen LogP contribution is -2.27. The molecule has 1 fully saturated rings. The first-order valence-corrected chi connectivity index (χ1v) is 7.37. The van der Waals surface area contributed by atoms with E-state index < -0.39 is 0 Å². The summed E-state index contributed by atoms with van der Waals surface area (Å²) < 4.78 is 0. The lowest BCUT2D eigenvalue weighted by Gasteiger charge is -2.15. The van der Waals surface area contributed by atoms with Gasteiger partial charge in [0.05, 0.1) is 17.4 Å². The Labute approximate surface area is 128 Å². The molecule has 3 rings (SSSR count). The van der Waals surface area contributed by atoms with E-state index >= 15 is 0 Å². The van der Waals surface area contributed by atoms with Gasteiger partial charge in [-0.05, 0) is 37.1 Å². The van der Waals surface area contributed by atoms with Gasteiger partial charge in [-0.25, -0.2) is 0 Å². The predicted molar refractivity (Wildman–Crippen MR) is 84.1 cm³/mol. The maximum Gasteiger partial charge on any atom is 0.255 e. The van der Waals surface area contributed by atoms with Crippen LogP contribution in [0.3, 0.4) is 0 Å². The van der Waals surface area contributed by atoms with Gasteiger partial charge in [-0.2, -0.15) is 0 Å². The number of rotatable bonds is 3. The molecule has 21 heavy (non-hydrogen) atoms. The summed E-state index contributed by atoms with van der Waals surface area (Å²) in [6.45, 7) is 1.68. The monoisotopic (exact) mass is 301 g/mol. The largest absolute Gasteiger partial charge is 0.354 e. The second kappa shape index (κ2) is 6.14. The molecule has 1 aliphatic heterocycles. The van der Waals surface area contributed by atoms with Crippen molar-refractivity contribution in [1.29, 1.82) is 0 Å². The number of hydrogen-bond donors (Lipinski definition) is 1. The Morgan fingerprint density at radius 3 is 2.71 bits per heavy atom. The second-order valence-electron chi connectivity index (χ2n) is 5.10. The maximum absolute atomic E-state index is 12.3. The average molecular weight is 302 g/mol. The van der Waals surface area contributed by atoms with Crippen LogP contribution >= 0.6 is 11.6 Å². The van der Waals surface area contributed by atoms with Gasteiger partial charge in [-0.3, -0.25) is 9.78 Å². The molecule has 2 aromatic rings. The minimum atomic E-state index is 0.0507. The summed E-state index contributed by atoms with van der Waals surface area (Å²) in [4.78, 5) is 18.4. The number of nitrogens with zero attached hydrogens (tertiary/aromatic N) is 2. The summed E-state index contributed by atoms with van der Waals surface area (Å²) in [6.07, 6.45) is 5.48. The summed E-state index contributed by atoms with van der Waals surface area (Å²) in [6, 6.07) is 9.27. The van der Waals surface area contributed by atoms with E-state index in [9.17, 15) is 4.79 Å². The van der Waals surface area contributed by atoms with Crippen molar-refractivity contribution in [3.05, 3.63) is 53.3 Å². The number of anilines is 2. The van der Waals surface area contributed by atoms with Crippen molar-refractivity contribution in [2.75, 3.05) is 18.4 Å². The number of pyridine rings is 1. The zero-order valence-corrected chi connectivity index (χ0v) is 12.3. The van der Waals surface area contributed by atoms with Crippen molar-refractivity contribution in [2.45, 2.75) is 12.8 Å². The molecule has 0 radical (unpaired) electrons. The minimum absolute atomic E-state index is 0.0507. The van der Waals surface area contributed by atoms with Crippen LogP contribution in [0.4, 0.5) is 11.4 Å². The van der Waals surface area contributed by atoms with Crippen LogP contribution in [0.25, 0.3) is 0 Å². The molecule has 0 bridgehead atoms. The predicted octanol–water partition coefficient (Wildman–Crippen LogP) is 3.71. The molecule has 1 amide bonds. The Morgan fingerprint density at radius 2 is 1.95 bits per heavy atom. The Hall–Kier alpha value is -2.07. The SMILES string of the molecule is O=C(c1cncc(Nc2cccc(Cl)c2)c1)N1CCCC1. The number of aromatic nitrogens is 1. The van der Waals surface area contributed by atoms with Gasteiger partial charge in [0.15, 0.2) is 0 Å². The minimum Gasteiger partial charge on any atom is -0.354 e. The molecule has 1 aromatic heterocycles. The molecule has 0 unspecified atom stereocenters. The Kier molecular flexibility index (Phi) is 4.06. The summed E-state index contributed by atoms with van der Waals surface area (Å²) >= 11 is 5.96. The fraction of sp³-hybridized carbons (Fsp3) is 0.250. The van der Waals surface area contributed by atoms with E-state index in [0.29, 0.717) is 10.6 Å². The Morgan fingerprint density at radius 1 is 1.14 bits per heavy atom. The van der Waals surface area contributed by atoms with Crippen LogP contribution in [0, 0.1) is 0 Å². The number of hydrogen-bond acceptors (Lipinski definition) is 3. The molecule has 1 aromatic carbocycles. The molecule has 2 heterocycles. The molecule has 0 aliphatic carbocycles. The van der Waals surface area contributed by atoms with Crippen LogP contribution in [0.15, 0.2) is 42.7 Å². The van der Waals surface area contributed by atoms with E-state index in [-0.39, 0.29) is 5.91 Å². The highest BCUT2D eigenvalue weighted by Crippen LogP contribution is 2.21. The third-order valence-corrected chi connectivity index (χ3v) is 3.73. The quantitative estimate of drug-likeness (QED) is 0.940. The molecular weight excluding hydrogens is 286 g/mol. The van der Waals surface area contributed by atoms with Gasteiger partial charge in [0.2, 0.25) is 0 Å². The molecule has 4 nitrogen and oxygen atoms in total. The average Bonchev–Trinajstić information content (AvgIpc) is 3.01. The fourth-order valence-electron chi connectivity index (χ4n) is 2.46. The number of carbonyl (C=O) groups excluding carboxylic acids is 1. The fourth-order valence-corrected chi connectivity index (χ4v) is 2.65. The maximum atomic E-state index is 12.3. The molecular formula is C16H16ClN3O. The van der Waals surface area contributed by atoms with Crippen molar-refractivity contribution in [3.8, 4) is 0 Å². The number of benzene rings is 1. The molecule has 5 heteroatoms. The van der Waals surface area contributed by atoms with Crippen molar-refractivity contribution in [3.63, 3.8) is 0 Å². The van der Waals surface area contributed by atoms with Crippen LogP contribution in [0.2, 0.25) is 5.02 Å². The van der Waals surface area contributed by atoms with Crippen molar-refractivity contribution in [2.24, 2.45) is 0 Å². The number of amides is 1. The third kappa shape index (κ3) is 3.34. The smallest absolute Gasteiger partial charge is 0.255 e. The van der Waals surface area contributed by atoms with E-state index in [1.165, 1.54) is 0 Å². The first-order chi connectivity index (χ1) is 10.2. The molecule has 108 valence electrons. The molecule has 1 N–H and O–H groups in total. The molecule has 0 spiro atoms. The zero-order chi connectivity index (χ0) is 14.7. The van der Waals surface area contributed by atoms with Crippen molar-refractivity contribution >= 4 is 28.9 Å². The Bertz CT molecular complexity index is 653. The normalized spacial score (nSPS) is 14.2. The summed E-state index contributed by atoms with van der Waals surface area (Å²) in [7, 11) is 0. The van der Waals surface area contributed by atoms with Crippen LogP contribution in [-0.4, -0.2) is 28.9 Å². The van der Waals surface area contributed by atoms with Gasteiger partial charge in [0.25, 0.3) is 5.91 Å². The van der Waals surface area contributed by atoms with Gasteiger partial charge in [-0.15, -0.1) is 0 Å². The topological polar surface area (TPSA) is 45.2 Å². The van der Waals surface area contributed by atoms with Gasteiger partial charge in [-0.1, -0.05) is 17.7 Å². The second-order valence-corrected chi connectivity index (χ2v) is 5.53. The number of carbonyl (C=O) groups is 1. The van der Waals surface area contributed by atoms with Gasteiger partial charge < -0.3 is 10.2 Å². The van der Waals surface area contributed by atoms with E-state index in [2.05, 4.69) is 10.3 Å². The third-order valence-electron chi connectivity index (χ3n) is 3.49. The molecule has 1 aliphatic rings. The molecule has 0 atom stereocenters. The summed E-state index contributed by atoms with van der Waals surface area (Å²) in [5, 5.41) is 3.88. The highest BCUT2D eigenvalue weighted by molar-refractivity contribution is 6.30. The lowest BCUT2D eigenvalue weighted by atomic mass is 10.2. The molecule has 1 saturated heterocycles. The van der Waals surface area contributed by atoms with E-state index in [4.69, 9.17) is 11.6 Å². The van der Waals surface area contributed by atoms with E-state index in [1.807, 2.05) is 35.2 Å². The van der Waals surface area contributed by atoms with Crippen molar-refractivity contribution < 1.29 is 4.79 Å². The molecule has 0 saturated carbocycles. The first kappa shape index (κ1) is 13.9. The summed E-state index contributed by atoms with van der Waals surface area (Å²) in [5.41, 5.74) is 2.27. The van der Waals surface area contributed by atoms with Crippen molar-refractivity contribution in [1.82, 2.24) is 9.88 Å². The van der Waals surface area contributed by atoms with E-state index in [1.54, 1.807) is 12.4 Å². The standard InChI is InChI=1S/C16H16ClN3O/c17-13-4-3-5-14(9-13)19-15-8-12(10-18-11-15)16(21)20-6-1-2-7-20/h3-5,8-11,19H,1-2,6-7H2. The van der Waals surface area contributed by atoms with E-state index in [0.717, 1.165) is 37.3 Å². The van der Waals surface area contributed by atoms with Gasteiger partial charge in [0.1, 0.15) is 0 Å². The number of likely N-dealkylation sites (tertiary alicyclic amines) is 1. The van der Waals surface area contributed by atoms with Gasteiger partial charge >= 0.3 is 0 Å². The first-order valence-electron chi connectivity index (χ1n) is 6.99. The van der Waals surface area contributed by atoms with Crippen LogP contribution in [0.1, 0.15) is 23.2 Å². The highest BCUT2D eigenvalue weighted by atomic mass is 35.5. The van der Waals surface area contributed by atoms with Crippen LogP contribution in [-0.2, 0) is 0 Å². The lowest BCUT2D eigenvalue weighted by molar-refractivity contribution is 0.0792.